The van der Waals surface area contributed by atoms with Crippen LogP contribution in [-0.2, 0) is 9.84 Å². The molecule has 6 nitrogen and oxygen atoms in total. The van der Waals surface area contributed by atoms with Gasteiger partial charge in [-0.2, -0.15) is 0 Å². The molecular formula is C21H21NO5S. The van der Waals surface area contributed by atoms with Crippen LogP contribution in [-0.4, -0.2) is 32.4 Å². The van der Waals surface area contributed by atoms with E-state index in [0.717, 1.165) is 5.56 Å². The fourth-order valence-electron chi connectivity index (χ4n) is 2.91. The highest BCUT2D eigenvalue weighted by Gasteiger charge is 2.18. The van der Waals surface area contributed by atoms with Crippen LogP contribution in [0.25, 0.3) is 22.3 Å². The Morgan fingerprint density at radius 2 is 1.79 bits per heavy atom. The van der Waals surface area contributed by atoms with Crippen molar-refractivity contribution in [3.63, 3.8) is 0 Å². The van der Waals surface area contributed by atoms with Crippen molar-refractivity contribution < 1.29 is 17.6 Å². The van der Waals surface area contributed by atoms with Gasteiger partial charge in [-0.3, -0.25) is 9.59 Å². The summed E-state index contributed by atoms with van der Waals surface area (Å²) in [4.78, 5) is 25.4. The first-order valence-electron chi connectivity index (χ1n) is 8.94. The van der Waals surface area contributed by atoms with Crippen LogP contribution < -0.4 is 10.7 Å². The van der Waals surface area contributed by atoms with Crippen molar-refractivity contribution in [3.8, 4) is 11.3 Å². The molecule has 1 N–H and O–H groups in total. The number of hydrogen-bond donors (Lipinski definition) is 1. The molecule has 0 aliphatic rings. The molecule has 0 spiro atoms. The van der Waals surface area contributed by atoms with Gasteiger partial charge in [-0.15, -0.1) is 0 Å². The molecule has 0 bridgehead atoms. The Hall–Kier alpha value is -2.93. The molecule has 0 fully saturated rings. The molecule has 1 aromatic heterocycles. The number of para-hydroxylation sites is 1. The molecule has 2 aromatic carbocycles. The van der Waals surface area contributed by atoms with E-state index in [2.05, 4.69) is 5.32 Å². The quantitative estimate of drug-likeness (QED) is 0.688. The molecule has 3 aromatic rings. The third kappa shape index (κ3) is 3.99. The minimum Gasteiger partial charge on any atom is -0.455 e. The highest BCUT2D eigenvalue weighted by molar-refractivity contribution is 7.91. The molecule has 0 unspecified atom stereocenters. The first kappa shape index (κ1) is 19.8. The first-order chi connectivity index (χ1) is 13.3. The predicted octanol–water partition coefficient (Wildman–Crippen LogP) is 2.93. The highest BCUT2D eigenvalue weighted by Crippen LogP contribution is 2.27. The normalized spacial score (nSPS) is 11.5. The third-order valence-electron chi connectivity index (χ3n) is 4.56. The summed E-state index contributed by atoms with van der Waals surface area (Å²) in [6, 6.07) is 14.0. The van der Waals surface area contributed by atoms with Gasteiger partial charge >= 0.3 is 0 Å². The van der Waals surface area contributed by atoms with Crippen LogP contribution in [0.1, 0.15) is 22.8 Å². The number of amides is 1. The maximum atomic E-state index is 12.8. The van der Waals surface area contributed by atoms with Crippen molar-refractivity contribution in [3.05, 3.63) is 69.9 Å². The second-order valence-electron chi connectivity index (χ2n) is 6.43. The standard InChI is InChI=1S/C21H21NO5S/c1-3-28(25,26)13-12-22-21(24)17-11-7-10-16-18(23)14(2)19(27-20(16)17)15-8-5-4-6-9-15/h4-11H,3,12-13H2,1-2H3,(H,22,24). The van der Waals surface area contributed by atoms with Crippen LogP contribution in [0.15, 0.2) is 57.7 Å². The zero-order valence-corrected chi connectivity index (χ0v) is 16.5. The summed E-state index contributed by atoms with van der Waals surface area (Å²) in [7, 11) is -3.18. The van der Waals surface area contributed by atoms with Crippen LogP contribution >= 0.6 is 0 Å². The Morgan fingerprint density at radius 3 is 2.46 bits per heavy atom. The van der Waals surface area contributed by atoms with E-state index in [1.807, 2.05) is 30.3 Å². The van der Waals surface area contributed by atoms with E-state index < -0.39 is 15.7 Å². The van der Waals surface area contributed by atoms with Gasteiger partial charge in [0.15, 0.2) is 20.8 Å². The summed E-state index contributed by atoms with van der Waals surface area (Å²) in [6.07, 6.45) is 0. The van der Waals surface area contributed by atoms with Gasteiger partial charge in [-0.1, -0.05) is 43.3 Å². The average molecular weight is 399 g/mol. The van der Waals surface area contributed by atoms with Crippen LogP contribution in [0, 0.1) is 6.92 Å². The number of fused-ring (bicyclic) bond motifs is 1. The molecule has 0 radical (unpaired) electrons. The van der Waals surface area contributed by atoms with Gasteiger partial charge in [0.1, 0.15) is 5.76 Å². The molecule has 3 rings (SSSR count). The van der Waals surface area contributed by atoms with E-state index in [9.17, 15) is 18.0 Å². The molecule has 146 valence electrons. The molecule has 0 atom stereocenters. The van der Waals surface area contributed by atoms with E-state index >= 15 is 0 Å². The topological polar surface area (TPSA) is 93.5 Å². The van der Waals surface area contributed by atoms with Crippen molar-refractivity contribution in [2.24, 2.45) is 0 Å². The Bertz CT molecular complexity index is 1180. The van der Waals surface area contributed by atoms with Gasteiger partial charge in [0, 0.05) is 23.4 Å². The molecule has 1 amide bonds. The molecule has 0 saturated carbocycles. The molecule has 0 aliphatic carbocycles. The molecule has 7 heteroatoms. The van der Waals surface area contributed by atoms with Crippen molar-refractivity contribution in [1.29, 1.82) is 0 Å². The number of carbonyl (C=O) groups is 1. The summed E-state index contributed by atoms with van der Waals surface area (Å²) >= 11 is 0. The SMILES string of the molecule is CCS(=O)(=O)CCNC(=O)c1cccc2c(=O)c(C)c(-c3ccccc3)oc12. The second kappa shape index (κ2) is 7.98. The van der Waals surface area contributed by atoms with Crippen molar-refractivity contribution in [1.82, 2.24) is 5.32 Å². The predicted molar refractivity (Wildman–Crippen MR) is 109 cm³/mol. The van der Waals surface area contributed by atoms with Gasteiger partial charge in [-0.05, 0) is 19.1 Å². The lowest BCUT2D eigenvalue weighted by atomic mass is 10.0. The summed E-state index contributed by atoms with van der Waals surface area (Å²) in [5, 5.41) is 2.91. The monoisotopic (exact) mass is 399 g/mol. The fraction of sp³-hybridized carbons (Fsp3) is 0.238. The number of rotatable bonds is 6. The number of benzene rings is 2. The third-order valence-corrected chi connectivity index (χ3v) is 6.27. The largest absolute Gasteiger partial charge is 0.455 e. The van der Waals surface area contributed by atoms with Gasteiger partial charge < -0.3 is 9.73 Å². The van der Waals surface area contributed by atoms with Crippen molar-refractivity contribution >= 4 is 26.7 Å². The molecule has 1 heterocycles. The summed E-state index contributed by atoms with van der Waals surface area (Å²) < 4.78 is 29.2. The Balaban J connectivity index is 2.03. The second-order valence-corrected chi connectivity index (χ2v) is 8.90. The summed E-state index contributed by atoms with van der Waals surface area (Å²) in [5.41, 5.74) is 1.38. The molecular weight excluding hydrogens is 378 g/mol. The average Bonchev–Trinajstić information content (AvgIpc) is 2.70. The molecule has 28 heavy (non-hydrogen) atoms. The van der Waals surface area contributed by atoms with Crippen LogP contribution in [0.3, 0.4) is 0 Å². The summed E-state index contributed by atoms with van der Waals surface area (Å²) in [5.74, 6) is -0.195. The Labute approximate surface area is 163 Å². The highest BCUT2D eigenvalue weighted by atomic mass is 32.2. The van der Waals surface area contributed by atoms with E-state index in [-0.39, 0.29) is 34.6 Å². The van der Waals surface area contributed by atoms with Gasteiger partial charge in [0.2, 0.25) is 0 Å². The number of carbonyl (C=O) groups excluding carboxylic acids is 1. The van der Waals surface area contributed by atoms with E-state index in [1.165, 1.54) is 0 Å². The number of hydrogen-bond acceptors (Lipinski definition) is 5. The minimum absolute atomic E-state index is 0.00691. The van der Waals surface area contributed by atoms with E-state index in [0.29, 0.717) is 16.7 Å². The zero-order chi connectivity index (χ0) is 20.3. The van der Waals surface area contributed by atoms with Crippen LogP contribution in [0.2, 0.25) is 0 Å². The zero-order valence-electron chi connectivity index (χ0n) is 15.7. The molecule has 0 aliphatic heterocycles. The number of nitrogens with one attached hydrogen (secondary N) is 1. The van der Waals surface area contributed by atoms with E-state index in [1.54, 1.807) is 32.0 Å². The summed E-state index contributed by atoms with van der Waals surface area (Å²) in [6.45, 7) is 3.24. The minimum atomic E-state index is -3.18. The maximum Gasteiger partial charge on any atom is 0.255 e. The van der Waals surface area contributed by atoms with Crippen LogP contribution in [0.4, 0.5) is 0 Å². The maximum absolute atomic E-state index is 12.8. The van der Waals surface area contributed by atoms with Crippen molar-refractivity contribution in [2.75, 3.05) is 18.1 Å². The lowest BCUT2D eigenvalue weighted by Gasteiger charge is -2.11. The number of sulfone groups is 1. The smallest absolute Gasteiger partial charge is 0.255 e. The Kier molecular flexibility index (Phi) is 5.65. The first-order valence-corrected chi connectivity index (χ1v) is 10.8. The van der Waals surface area contributed by atoms with Gasteiger partial charge in [-0.25, -0.2) is 8.42 Å². The van der Waals surface area contributed by atoms with Crippen molar-refractivity contribution in [2.45, 2.75) is 13.8 Å². The van der Waals surface area contributed by atoms with Gasteiger partial charge in [0.25, 0.3) is 5.91 Å². The lowest BCUT2D eigenvalue weighted by molar-refractivity contribution is 0.0957. The molecule has 0 saturated heterocycles. The van der Waals surface area contributed by atoms with E-state index in [4.69, 9.17) is 4.42 Å². The Morgan fingerprint density at radius 1 is 1.07 bits per heavy atom. The van der Waals surface area contributed by atoms with Gasteiger partial charge in [0.05, 0.1) is 16.7 Å². The van der Waals surface area contributed by atoms with Crippen LogP contribution in [0.5, 0.6) is 0 Å². The lowest BCUT2D eigenvalue weighted by Crippen LogP contribution is -2.29. The fourth-order valence-corrected chi connectivity index (χ4v) is 3.61.